The Kier molecular flexibility index (Phi) is 7.11. The van der Waals surface area contributed by atoms with Gasteiger partial charge in [0.1, 0.15) is 11.6 Å². The van der Waals surface area contributed by atoms with E-state index in [1.54, 1.807) is 12.3 Å². The number of nitrogens with zero attached hydrogens (tertiary/aromatic N) is 6. The number of pyridine rings is 2. The Morgan fingerprint density at radius 1 is 0.941 bits per heavy atom. The Labute approximate surface area is 200 Å². The molecule has 178 valence electrons. The zero-order chi connectivity index (χ0) is 23.2. The van der Waals surface area contributed by atoms with Crippen molar-refractivity contribution in [3.8, 4) is 11.3 Å². The predicted molar refractivity (Wildman–Crippen MR) is 134 cm³/mol. The van der Waals surface area contributed by atoms with Crippen LogP contribution in [0.3, 0.4) is 0 Å². The van der Waals surface area contributed by atoms with Crippen molar-refractivity contribution in [1.82, 2.24) is 24.8 Å². The number of anilines is 4. The third-order valence-corrected chi connectivity index (χ3v) is 6.29. The monoisotopic (exact) mass is 460 g/mol. The topological polar surface area (TPSA) is 105 Å². The van der Waals surface area contributed by atoms with Crippen molar-refractivity contribution in [3.63, 3.8) is 0 Å². The summed E-state index contributed by atoms with van der Waals surface area (Å²) in [4.78, 5) is 23.2. The summed E-state index contributed by atoms with van der Waals surface area (Å²) in [5, 5.41) is 3.41. The van der Waals surface area contributed by atoms with E-state index in [0.717, 1.165) is 55.1 Å². The lowest BCUT2D eigenvalue weighted by atomic mass is 10.2. The Morgan fingerprint density at radius 2 is 1.79 bits per heavy atom. The van der Waals surface area contributed by atoms with E-state index in [1.807, 2.05) is 18.3 Å². The highest BCUT2D eigenvalue weighted by Crippen LogP contribution is 2.25. The van der Waals surface area contributed by atoms with Crippen LogP contribution in [0.15, 0.2) is 42.7 Å². The number of hydrogen-bond acceptors (Lipinski definition) is 9. The second-order valence-corrected chi connectivity index (χ2v) is 8.83. The molecule has 0 aromatic carbocycles. The number of rotatable bonds is 8. The maximum atomic E-state index is 5.77. The van der Waals surface area contributed by atoms with Crippen molar-refractivity contribution in [2.24, 2.45) is 0 Å². The van der Waals surface area contributed by atoms with E-state index in [1.165, 1.54) is 25.9 Å². The molecular weight excluding hydrogens is 428 g/mol. The van der Waals surface area contributed by atoms with E-state index < -0.39 is 0 Å². The van der Waals surface area contributed by atoms with Gasteiger partial charge in [-0.15, -0.1) is 0 Å². The Bertz CT molecular complexity index is 1060. The lowest BCUT2D eigenvalue weighted by Gasteiger charge is -2.27. The van der Waals surface area contributed by atoms with Crippen molar-refractivity contribution >= 4 is 23.3 Å². The molecule has 9 nitrogen and oxygen atoms in total. The minimum atomic E-state index is 0.483. The molecule has 9 heteroatoms. The normalized spacial score (nSPS) is 16.6. The number of nitrogen functional groups attached to an aromatic ring is 1. The van der Waals surface area contributed by atoms with Crippen molar-refractivity contribution in [2.45, 2.75) is 25.7 Å². The van der Waals surface area contributed by atoms with Crippen LogP contribution in [0.1, 0.15) is 25.0 Å². The quantitative estimate of drug-likeness (QED) is 0.524. The zero-order valence-corrected chi connectivity index (χ0v) is 19.5. The van der Waals surface area contributed by atoms with E-state index in [4.69, 9.17) is 20.4 Å². The number of likely N-dealkylation sites (tertiary alicyclic amines) is 1. The van der Waals surface area contributed by atoms with Gasteiger partial charge in [-0.3, -0.25) is 4.98 Å². The number of nitrogens with two attached hydrogens (primary N) is 1. The van der Waals surface area contributed by atoms with Crippen LogP contribution in [-0.4, -0.2) is 70.8 Å². The maximum Gasteiger partial charge on any atom is 0.228 e. The van der Waals surface area contributed by atoms with E-state index in [0.29, 0.717) is 30.8 Å². The van der Waals surface area contributed by atoms with Gasteiger partial charge < -0.3 is 25.6 Å². The van der Waals surface area contributed by atoms with Crippen LogP contribution in [0.25, 0.3) is 11.3 Å². The SMILES string of the molecule is Nc1ccc(-c2cc(Nc3ccc(CCCN4CCCC4)nc3)nc(N3CCOCC3)n2)cn1. The fourth-order valence-electron chi connectivity index (χ4n) is 4.39. The number of ether oxygens (including phenoxy) is 1. The second-order valence-electron chi connectivity index (χ2n) is 8.83. The number of aryl methyl sites for hydroxylation is 1. The minimum Gasteiger partial charge on any atom is -0.384 e. The molecule has 2 aliphatic rings. The number of morpholine rings is 1. The van der Waals surface area contributed by atoms with Crippen LogP contribution in [0, 0.1) is 0 Å². The molecule has 0 spiro atoms. The molecule has 0 unspecified atom stereocenters. The van der Waals surface area contributed by atoms with Gasteiger partial charge in [0.25, 0.3) is 0 Å². The average Bonchev–Trinajstić information content (AvgIpc) is 3.40. The Morgan fingerprint density at radius 3 is 2.53 bits per heavy atom. The molecule has 0 atom stereocenters. The molecule has 5 heterocycles. The number of nitrogens with one attached hydrogen (secondary N) is 1. The summed E-state index contributed by atoms with van der Waals surface area (Å²) >= 11 is 0. The Balaban J connectivity index is 1.30. The molecule has 0 amide bonds. The van der Waals surface area contributed by atoms with Gasteiger partial charge in [-0.2, -0.15) is 4.98 Å². The van der Waals surface area contributed by atoms with Gasteiger partial charge in [0.2, 0.25) is 5.95 Å². The molecule has 34 heavy (non-hydrogen) atoms. The molecule has 3 N–H and O–H groups in total. The first-order valence-electron chi connectivity index (χ1n) is 12.1. The zero-order valence-electron chi connectivity index (χ0n) is 19.5. The molecular formula is C25H32N8O. The standard InChI is InChI=1S/C25H32N8O/c26-23-8-5-19(17-28-23)22-16-24(31-25(30-22)33-12-14-34-15-13-33)29-21-7-6-20(27-18-21)4-3-11-32-9-1-2-10-32/h5-8,16-18H,1-4,9-15H2,(H2,26,28)(H,29,30,31). The maximum absolute atomic E-state index is 5.77. The first kappa shape index (κ1) is 22.5. The minimum absolute atomic E-state index is 0.483. The van der Waals surface area contributed by atoms with Gasteiger partial charge in [0, 0.05) is 36.6 Å². The fourth-order valence-corrected chi connectivity index (χ4v) is 4.39. The lowest BCUT2D eigenvalue weighted by molar-refractivity contribution is 0.122. The summed E-state index contributed by atoms with van der Waals surface area (Å²) in [7, 11) is 0. The summed E-state index contributed by atoms with van der Waals surface area (Å²) in [5.41, 5.74) is 9.47. The van der Waals surface area contributed by atoms with Gasteiger partial charge >= 0.3 is 0 Å². The molecule has 2 saturated heterocycles. The van der Waals surface area contributed by atoms with Crippen LogP contribution in [-0.2, 0) is 11.2 Å². The van der Waals surface area contributed by atoms with Crippen molar-refractivity contribution in [1.29, 1.82) is 0 Å². The molecule has 0 bridgehead atoms. The highest BCUT2D eigenvalue weighted by molar-refractivity contribution is 5.67. The average molecular weight is 461 g/mol. The van der Waals surface area contributed by atoms with Gasteiger partial charge in [-0.25, -0.2) is 9.97 Å². The van der Waals surface area contributed by atoms with Gasteiger partial charge in [0.05, 0.1) is 30.8 Å². The van der Waals surface area contributed by atoms with Crippen molar-refractivity contribution in [2.75, 3.05) is 61.9 Å². The predicted octanol–water partition coefficient (Wildman–Crippen LogP) is 3.12. The molecule has 2 fully saturated rings. The summed E-state index contributed by atoms with van der Waals surface area (Å²) in [5.74, 6) is 1.87. The number of hydrogen-bond donors (Lipinski definition) is 2. The van der Waals surface area contributed by atoms with Crippen LogP contribution in [0.4, 0.5) is 23.3 Å². The largest absolute Gasteiger partial charge is 0.384 e. The van der Waals surface area contributed by atoms with Crippen LogP contribution in [0.5, 0.6) is 0 Å². The highest BCUT2D eigenvalue weighted by Gasteiger charge is 2.17. The van der Waals surface area contributed by atoms with E-state index in [9.17, 15) is 0 Å². The van der Waals surface area contributed by atoms with Gasteiger partial charge in [-0.05, 0) is 69.6 Å². The Hall–Kier alpha value is -3.30. The van der Waals surface area contributed by atoms with Gasteiger partial charge in [0.15, 0.2) is 0 Å². The molecule has 5 rings (SSSR count). The van der Waals surface area contributed by atoms with E-state index >= 15 is 0 Å². The van der Waals surface area contributed by atoms with E-state index in [-0.39, 0.29) is 0 Å². The third-order valence-electron chi connectivity index (χ3n) is 6.29. The third kappa shape index (κ3) is 5.78. The summed E-state index contributed by atoms with van der Waals surface area (Å²) in [6.07, 6.45) is 8.44. The van der Waals surface area contributed by atoms with Crippen molar-refractivity contribution in [3.05, 3.63) is 48.4 Å². The summed E-state index contributed by atoms with van der Waals surface area (Å²) in [6, 6.07) is 9.81. The van der Waals surface area contributed by atoms with Crippen LogP contribution >= 0.6 is 0 Å². The first-order valence-corrected chi connectivity index (χ1v) is 12.1. The van der Waals surface area contributed by atoms with Crippen molar-refractivity contribution < 1.29 is 4.74 Å². The van der Waals surface area contributed by atoms with Gasteiger partial charge in [-0.1, -0.05) is 0 Å². The lowest BCUT2D eigenvalue weighted by Crippen LogP contribution is -2.37. The summed E-state index contributed by atoms with van der Waals surface area (Å²) in [6.45, 7) is 6.51. The smallest absolute Gasteiger partial charge is 0.228 e. The number of aromatic nitrogens is 4. The second kappa shape index (κ2) is 10.8. The highest BCUT2D eigenvalue weighted by atomic mass is 16.5. The molecule has 2 aliphatic heterocycles. The van der Waals surface area contributed by atoms with Crippen LogP contribution < -0.4 is 16.0 Å². The molecule has 0 radical (unpaired) electrons. The van der Waals surface area contributed by atoms with E-state index in [2.05, 4.69) is 37.2 Å². The molecule has 0 aliphatic carbocycles. The van der Waals surface area contributed by atoms with Crippen LogP contribution in [0.2, 0.25) is 0 Å². The molecule has 3 aromatic rings. The molecule has 0 saturated carbocycles. The fraction of sp³-hybridized carbons (Fsp3) is 0.440. The summed E-state index contributed by atoms with van der Waals surface area (Å²) < 4.78 is 5.50. The first-order chi connectivity index (χ1) is 16.7. The molecule has 3 aromatic heterocycles.